The molecule has 9 heteroatoms. The first-order valence-electron chi connectivity index (χ1n) is 9.83. The highest BCUT2D eigenvalue weighted by Crippen LogP contribution is 2.28. The number of carbonyl (C=O) groups excluding carboxylic acids is 3. The van der Waals surface area contributed by atoms with E-state index in [9.17, 15) is 14.4 Å². The number of hydrogen-bond acceptors (Lipinski definition) is 6. The first-order chi connectivity index (χ1) is 13.8. The third kappa shape index (κ3) is 5.23. The molecule has 2 fully saturated rings. The van der Waals surface area contributed by atoms with Crippen LogP contribution >= 0.6 is 0 Å². The number of pyridine rings is 1. The van der Waals surface area contributed by atoms with E-state index in [4.69, 9.17) is 9.47 Å². The molecule has 0 bridgehead atoms. The van der Waals surface area contributed by atoms with E-state index in [2.05, 4.69) is 10.3 Å². The van der Waals surface area contributed by atoms with Crippen LogP contribution in [0.25, 0.3) is 0 Å². The van der Waals surface area contributed by atoms with Gasteiger partial charge in [-0.3, -0.25) is 14.6 Å². The van der Waals surface area contributed by atoms with Gasteiger partial charge in [0.25, 0.3) is 0 Å². The van der Waals surface area contributed by atoms with Gasteiger partial charge in [-0.2, -0.15) is 0 Å². The summed E-state index contributed by atoms with van der Waals surface area (Å²) < 4.78 is 10.6. The first kappa shape index (κ1) is 21.0. The van der Waals surface area contributed by atoms with Crippen molar-refractivity contribution in [1.82, 2.24) is 20.1 Å². The standard InChI is InChI=1S/C20H28N4O5/c1-20(2,3)29-19(27)22-15-6-8-24(17(15)25)16(14-5-4-7-21-13-14)18(26)23-9-11-28-12-10-23/h4-5,7,13,15-16H,6,8-12H2,1-3H3,(H,22,27)/t15-,16?/m0/s1. The molecular formula is C20H28N4O5. The second-order valence-corrected chi connectivity index (χ2v) is 8.15. The Morgan fingerprint density at radius 3 is 2.62 bits per heavy atom. The smallest absolute Gasteiger partial charge is 0.408 e. The average Bonchev–Trinajstić information content (AvgIpc) is 3.02. The normalized spacial score (nSPS) is 21.1. The Morgan fingerprint density at radius 2 is 2.00 bits per heavy atom. The topological polar surface area (TPSA) is 101 Å². The Bertz CT molecular complexity index is 743. The maximum absolute atomic E-state index is 13.3. The van der Waals surface area contributed by atoms with Crippen molar-refractivity contribution in [2.24, 2.45) is 0 Å². The number of morpholine rings is 1. The number of amides is 3. The third-order valence-corrected chi connectivity index (χ3v) is 4.80. The van der Waals surface area contributed by atoms with E-state index < -0.39 is 23.8 Å². The van der Waals surface area contributed by atoms with E-state index in [1.165, 1.54) is 4.90 Å². The van der Waals surface area contributed by atoms with Gasteiger partial charge in [0.15, 0.2) is 0 Å². The summed E-state index contributed by atoms with van der Waals surface area (Å²) in [5, 5.41) is 2.63. The molecule has 0 aliphatic carbocycles. The van der Waals surface area contributed by atoms with E-state index in [1.807, 2.05) is 0 Å². The van der Waals surface area contributed by atoms with Gasteiger partial charge in [-0.25, -0.2) is 4.79 Å². The Kier molecular flexibility index (Phi) is 6.36. The summed E-state index contributed by atoms with van der Waals surface area (Å²) in [5.41, 5.74) is -0.00839. The van der Waals surface area contributed by atoms with Gasteiger partial charge >= 0.3 is 6.09 Å². The van der Waals surface area contributed by atoms with Crippen LogP contribution in [0.1, 0.15) is 38.8 Å². The van der Waals surface area contributed by atoms with Crippen LogP contribution in [0.3, 0.4) is 0 Å². The average molecular weight is 404 g/mol. The Labute approximate surface area is 170 Å². The van der Waals surface area contributed by atoms with Gasteiger partial charge in [0.1, 0.15) is 17.7 Å². The Hall–Kier alpha value is -2.68. The van der Waals surface area contributed by atoms with Crippen LogP contribution in [0.15, 0.2) is 24.5 Å². The van der Waals surface area contributed by atoms with Crippen LogP contribution in [0.5, 0.6) is 0 Å². The lowest BCUT2D eigenvalue weighted by Gasteiger charge is -2.34. The van der Waals surface area contributed by atoms with E-state index in [0.717, 1.165) is 0 Å². The third-order valence-electron chi connectivity index (χ3n) is 4.80. The van der Waals surface area contributed by atoms with Crippen molar-refractivity contribution < 1.29 is 23.9 Å². The van der Waals surface area contributed by atoms with Crippen molar-refractivity contribution in [1.29, 1.82) is 0 Å². The Balaban J connectivity index is 1.77. The number of nitrogens with one attached hydrogen (secondary N) is 1. The molecule has 1 unspecified atom stereocenters. The van der Waals surface area contributed by atoms with E-state index in [1.54, 1.807) is 50.2 Å². The van der Waals surface area contributed by atoms with Crippen LogP contribution in [-0.4, -0.2) is 77.2 Å². The highest BCUT2D eigenvalue weighted by Gasteiger charge is 2.42. The van der Waals surface area contributed by atoms with Crippen LogP contribution in [0.2, 0.25) is 0 Å². The summed E-state index contributed by atoms with van der Waals surface area (Å²) in [4.78, 5) is 45.8. The molecule has 0 saturated carbocycles. The van der Waals surface area contributed by atoms with E-state index in [0.29, 0.717) is 44.8 Å². The monoisotopic (exact) mass is 404 g/mol. The second-order valence-electron chi connectivity index (χ2n) is 8.15. The van der Waals surface area contributed by atoms with Gasteiger partial charge in [-0.1, -0.05) is 6.07 Å². The maximum atomic E-state index is 13.3. The highest BCUT2D eigenvalue weighted by atomic mass is 16.6. The van der Waals surface area contributed by atoms with Crippen molar-refractivity contribution in [3.05, 3.63) is 30.1 Å². The Morgan fingerprint density at radius 1 is 1.28 bits per heavy atom. The number of ether oxygens (including phenoxy) is 2. The fraction of sp³-hybridized carbons (Fsp3) is 0.600. The predicted octanol–water partition coefficient (Wildman–Crippen LogP) is 1.11. The molecule has 3 rings (SSSR count). The minimum Gasteiger partial charge on any atom is -0.444 e. The van der Waals surface area contributed by atoms with Crippen molar-refractivity contribution in [2.45, 2.75) is 44.9 Å². The molecule has 2 aliphatic rings. The molecule has 2 atom stereocenters. The lowest BCUT2D eigenvalue weighted by molar-refractivity contribution is -0.147. The molecule has 1 aromatic heterocycles. The van der Waals surface area contributed by atoms with E-state index in [-0.39, 0.29) is 11.8 Å². The number of rotatable bonds is 4. The molecule has 0 radical (unpaired) electrons. The maximum Gasteiger partial charge on any atom is 0.408 e. The fourth-order valence-corrected chi connectivity index (χ4v) is 3.49. The van der Waals surface area contributed by atoms with Gasteiger partial charge in [0.05, 0.1) is 13.2 Å². The number of nitrogens with zero attached hydrogens (tertiary/aromatic N) is 3. The molecular weight excluding hydrogens is 376 g/mol. The van der Waals surface area contributed by atoms with Crippen molar-refractivity contribution >= 4 is 17.9 Å². The van der Waals surface area contributed by atoms with Crippen molar-refractivity contribution in [3.63, 3.8) is 0 Å². The molecule has 3 heterocycles. The molecule has 0 spiro atoms. The lowest BCUT2D eigenvalue weighted by atomic mass is 10.1. The number of aromatic nitrogens is 1. The van der Waals surface area contributed by atoms with Gasteiger partial charge in [0.2, 0.25) is 11.8 Å². The summed E-state index contributed by atoms with van der Waals surface area (Å²) in [6.45, 7) is 7.55. The molecule has 29 heavy (non-hydrogen) atoms. The molecule has 2 aliphatic heterocycles. The summed E-state index contributed by atoms with van der Waals surface area (Å²) in [7, 11) is 0. The molecule has 1 N–H and O–H groups in total. The van der Waals surface area contributed by atoms with E-state index >= 15 is 0 Å². The molecule has 9 nitrogen and oxygen atoms in total. The van der Waals surface area contributed by atoms with Gasteiger partial charge in [-0.15, -0.1) is 0 Å². The highest BCUT2D eigenvalue weighted by molar-refractivity contribution is 5.93. The fourth-order valence-electron chi connectivity index (χ4n) is 3.49. The number of hydrogen-bond donors (Lipinski definition) is 1. The van der Waals surface area contributed by atoms with Crippen LogP contribution in [0, 0.1) is 0 Å². The zero-order valence-electron chi connectivity index (χ0n) is 17.1. The summed E-state index contributed by atoms with van der Waals surface area (Å²) in [6, 6.07) is 2.03. The summed E-state index contributed by atoms with van der Waals surface area (Å²) in [5.74, 6) is -0.459. The van der Waals surface area contributed by atoms with Crippen LogP contribution in [-0.2, 0) is 19.1 Å². The van der Waals surface area contributed by atoms with Crippen molar-refractivity contribution in [2.75, 3.05) is 32.8 Å². The molecule has 3 amide bonds. The van der Waals surface area contributed by atoms with Gasteiger partial charge in [-0.05, 0) is 33.3 Å². The number of carbonyl (C=O) groups is 3. The molecule has 0 aromatic carbocycles. The largest absolute Gasteiger partial charge is 0.444 e. The SMILES string of the molecule is CC(C)(C)OC(=O)N[C@H]1CCN(C(C(=O)N2CCOCC2)c2cccnc2)C1=O. The number of alkyl carbamates (subject to hydrolysis) is 1. The summed E-state index contributed by atoms with van der Waals surface area (Å²) in [6.07, 6.45) is 2.99. The number of likely N-dealkylation sites (tertiary alicyclic amines) is 1. The minimum absolute atomic E-state index is 0.160. The van der Waals surface area contributed by atoms with Crippen LogP contribution < -0.4 is 5.32 Å². The zero-order chi connectivity index (χ0) is 21.0. The van der Waals surface area contributed by atoms with Gasteiger partial charge in [0, 0.05) is 37.6 Å². The van der Waals surface area contributed by atoms with Gasteiger partial charge < -0.3 is 24.6 Å². The zero-order valence-corrected chi connectivity index (χ0v) is 17.1. The quantitative estimate of drug-likeness (QED) is 0.807. The molecule has 2 saturated heterocycles. The molecule has 1 aromatic rings. The second kappa shape index (κ2) is 8.77. The van der Waals surface area contributed by atoms with Crippen molar-refractivity contribution in [3.8, 4) is 0 Å². The lowest BCUT2D eigenvalue weighted by Crippen LogP contribution is -2.50. The minimum atomic E-state index is -0.778. The molecule has 158 valence electrons. The predicted molar refractivity (Wildman–Crippen MR) is 104 cm³/mol. The van der Waals surface area contributed by atoms with Crippen LogP contribution in [0.4, 0.5) is 4.79 Å². The first-order valence-corrected chi connectivity index (χ1v) is 9.83. The summed E-state index contributed by atoms with van der Waals surface area (Å²) >= 11 is 0.